The van der Waals surface area contributed by atoms with Gasteiger partial charge >= 0.3 is 0 Å². The van der Waals surface area contributed by atoms with Crippen LogP contribution in [-0.2, 0) is 4.74 Å². The van der Waals surface area contributed by atoms with Gasteiger partial charge in [-0.3, -0.25) is 4.79 Å². The summed E-state index contributed by atoms with van der Waals surface area (Å²) in [5.41, 5.74) is 0.136. The maximum atomic E-state index is 12.7. The summed E-state index contributed by atoms with van der Waals surface area (Å²) in [4.78, 5) is 14.5. The highest BCUT2D eigenvalue weighted by molar-refractivity contribution is 5.92. The molecule has 0 aromatic carbocycles. The normalized spacial score (nSPS) is 23.2. The molecule has 1 aromatic heterocycles. The second-order valence-corrected chi connectivity index (χ2v) is 6.39. The van der Waals surface area contributed by atoms with Gasteiger partial charge in [-0.1, -0.05) is 5.21 Å². The minimum absolute atomic E-state index is 0.0523. The highest BCUT2D eigenvalue weighted by Crippen LogP contribution is 2.22. The van der Waals surface area contributed by atoms with E-state index in [4.69, 9.17) is 4.74 Å². The molecular weight excluding hydrogens is 270 g/mol. The van der Waals surface area contributed by atoms with E-state index in [1.807, 2.05) is 23.4 Å². The topological polar surface area (TPSA) is 72.3 Å². The maximum Gasteiger partial charge on any atom is 0.276 e. The summed E-state index contributed by atoms with van der Waals surface area (Å²) in [5.74, 6) is -0.0523. The van der Waals surface area contributed by atoms with E-state index in [1.54, 1.807) is 6.20 Å². The molecule has 0 saturated carbocycles. The lowest BCUT2D eigenvalue weighted by Gasteiger charge is -2.41. The van der Waals surface area contributed by atoms with Gasteiger partial charge in [0.1, 0.15) is 0 Å². The summed E-state index contributed by atoms with van der Waals surface area (Å²) < 4.78 is 7.31. The van der Waals surface area contributed by atoms with Crippen molar-refractivity contribution in [2.45, 2.75) is 38.3 Å². The van der Waals surface area contributed by atoms with Gasteiger partial charge in [0.2, 0.25) is 0 Å². The molecule has 116 valence electrons. The van der Waals surface area contributed by atoms with Crippen LogP contribution in [0.15, 0.2) is 6.20 Å². The Bertz CT molecular complexity index is 507. The van der Waals surface area contributed by atoms with Crippen molar-refractivity contribution in [2.24, 2.45) is 0 Å². The third-order valence-electron chi connectivity index (χ3n) is 4.30. The quantitative estimate of drug-likeness (QED) is 0.857. The molecule has 1 N–H and O–H groups in total. The molecule has 2 aliphatic rings. The van der Waals surface area contributed by atoms with Crippen LogP contribution in [0.25, 0.3) is 0 Å². The maximum absolute atomic E-state index is 12.7. The zero-order valence-corrected chi connectivity index (χ0v) is 12.7. The Balaban J connectivity index is 1.74. The Morgan fingerprint density at radius 2 is 2.19 bits per heavy atom. The minimum Gasteiger partial charge on any atom is -0.377 e. The predicted octanol–water partition coefficient (Wildman–Crippen LogP) is 0.454. The number of morpholine rings is 1. The van der Waals surface area contributed by atoms with Gasteiger partial charge in [0.15, 0.2) is 5.69 Å². The van der Waals surface area contributed by atoms with E-state index in [0.717, 1.165) is 25.9 Å². The molecule has 2 fully saturated rings. The molecule has 0 bridgehead atoms. The van der Waals surface area contributed by atoms with E-state index < -0.39 is 0 Å². The number of nitrogens with zero attached hydrogens (tertiary/aromatic N) is 4. The van der Waals surface area contributed by atoms with Crippen LogP contribution in [0.5, 0.6) is 0 Å². The number of amides is 1. The van der Waals surface area contributed by atoms with Crippen LogP contribution >= 0.6 is 0 Å². The van der Waals surface area contributed by atoms with Crippen molar-refractivity contribution in [3.05, 3.63) is 11.9 Å². The lowest BCUT2D eigenvalue weighted by molar-refractivity contribution is -0.0373. The fourth-order valence-electron chi connectivity index (χ4n) is 3.00. The fraction of sp³-hybridized carbons (Fsp3) is 0.786. The van der Waals surface area contributed by atoms with Gasteiger partial charge in [-0.2, -0.15) is 0 Å². The second kappa shape index (κ2) is 5.73. The lowest BCUT2D eigenvalue weighted by atomic mass is 10.0. The first kappa shape index (κ1) is 14.5. The van der Waals surface area contributed by atoms with Crippen LogP contribution in [0.1, 0.15) is 43.2 Å². The summed E-state index contributed by atoms with van der Waals surface area (Å²) in [6, 6.07) is 0.345. The molecule has 3 heterocycles. The molecule has 0 unspecified atom stereocenters. The van der Waals surface area contributed by atoms with E-state index in [9.17, 15) is 4.79 Å². The molecule has 1 amide bonds. The third-order valence-corrected chi connectivity index (χ3v) is 4.30. The van der Waals surface area contributed by atoms with Gasteiger partial charge in [0, 0.05) is 6.54 Å². The molecular formula is C14H23N5O2. The standard InChI is InChI=1S/C14H23N5O2/c1-14(2)10-21-8-7-18(14)13(20)12-9-19(17-16-12)11-3-5-15-6-4-11/h9,11,15H,3-8,10H2,1-2H3. The zero-order chi connectivity index (χ0) is 14.9. The largest absolute Gasteiger partial charge is 0.377 e. The van der Waals surface area contributed by atoms with Crippen molar-refractivity contribution in [1.82, 2.24) is 25.2 Å². The Morgan fingerprint density at radius 1 is 1.43 bits per heavy atom. The lowest BCUT2D eigenvalue weighted by Crippen LogP contribution is -2.55. The molecule has 3 rings (SSSR count). The monoisotopic (exact) mass is 293 g/mol. The van der Waals surface area contributed by atoms with Crippen LogP contribution in [-0.4, -0.2) is 64.2 Å². The summed E-state index contributed by atoms with van der Waals surface area (Å²) in [5, 5.41) is 11.6. The average Bonchev–Trinajstić information content (AvgIpc) is 2.97. The Kier molecular flexibility index (Phi) is 3.95. The molecule has 21 heavy (non-hydrogen) atoms. The first-order valence-corrected chi connectivity index (χ1v) is 7.60. The highest BCUT2D eigenvalue weighted by Gasteiger charge is 2.35. The van der Waals surface area contributed by atoms with Crippen molar-refractivity contribution in [2.75, 3.05) is 32.8 Å². The molecule has 1 aromatic rings. The Hall–Kier alpha value is -1.47. The molecule has 0 radical (unpaired) electrons. The van der Waals surface area contributed by atoms with Crippen LogP contribution in [0.2, 0.25) is 0 Å². The van der Waals surface area contributed by atoms with E-state index in [-0.39, 0.29) is 11.4 Å². The van der Waals surface area contributed by atoms with Crippen LogP contribution in [0.4, 0.5) is 0 Å². The predicted molar refractivity (Wildman–Crippen MR) is 77.1 cm³/mol. The van der Waals surface area contributed by atoms with Gasteiger partial charge in [0.05, 0.1) is 31.0 Å². The number of rotatable bonds is 2. The van der Waals surface area contributed by atoms with Gasteiger partial charge in [-0.05, 0) is 39.8 Å². The smallest absolute Gasteiger partial charge is 0.276 e. The van der Waals surface area contributed by atoms with Crippen LogP contribution < -0.4 is 5.32 Å². The third kappa shape index (κ3) is 2.94. The van der Waals surface area contributed by atoms with Crippen molar-refractivity contribution in [3.8, 4) is 0 Å². The fourth-order valence-corrected chi connectivity index (χ4v) is 3.00. The molecule has 0 atom stereocenters. The minimum atomic E-state index is -0.298. The summed E-state index contributed by atoms with van der Waals surface area (Å²) in [7, 11) is 0. The molecule has 7 heteroatoms. The highest BCUT2D eigenvalue weighted by atomic mass is 16.5. The second-order valence-electron chi connectivity index (χ2n) is 6.39. The SMILES string of the molecule is CC1(C)COCCN1C(=O)c1cn(C2CCNCC2)nn1. The van der Waals surface area contributed by atoms with Gasteiger partial charge in [0.25, 0.3) is 5.91 Å². The van der Waals surface area contributed by atoms with E-state index in [1.165, 1.54) is 0 Å². The summed E-state index contributed by atoms with van der Waals surface area (Å²) in [6.45, 7) is 7.75. The van der Waals surface area contributed by atoms with Gasteiger partial charge < -0.3 is 15.0 Å². The van der Waals surface area contributed by atoms with Crippen molar-refractivity contribution in [3.63, 3.8) is 0 Å². The average molecular weight is 293 g/mol. The number of ether oxygens (including phenoxy) is 1. The summed E-state index contributed by atoms with van der Waals surface area (Å²) >= 11 is 0. The number of nitrogens with one attached hydrogen (secondary N) is 1. The summed E-state index contributed by atoms with van der Waals surface area (Å²) in [6.07, 6.45) is 3.85. The van der Waals surface area contributed by atoms with E-state index in [0.29, 0.717) is 31.5 Å². The van der Waals surface area contributed by atoms with Gasteiger partial charge in [-0.15, -0.1) is 5.10 Å². The van der Waals surface area contributed by atoms with Gasteiger partial charge in [-0.25, -0.2) is 4.68 Å². The molecule has 0 spiro atoms. The van der Waals surface area contributed by atoms with E-state index >= 15 is 0 Å². The number of carbonyl (C=O) groups excluding carboxylic acids is 1. The number of hydrogen-bond acceptors (Lipinski definition) is 5. The first-order chi connectivity index (χ1) is 10.1. The zero-order valence-electron chi connectivity index (χ0n) is 12.7. The molecule has 0 aliphatic carbocycles. The molecule has 2 saturated heterocycles. The number of piperidine rings is 1. The first-order valence-electron chi connectivity index (χ1n) is 7.60. The number of hydrogen-bond donors (Lipinski definition) is 1. The van der Waals surface area contributed by atoms with Crippen LogP contribution in [0, 0.1) is 0 Å². The number of aromatic nitrogens is 3. The Morgan fingerprint density at radius 3 is 2.90 bits per heavy atom. The van der Waals surface area contributed by atoms with E-state index in [2.05, 4.69) is 15.6 Å². The van der Waals surface area contributed by atoms with Crippen LogP contribution in [0.3, 0.4) is 0 Å². The molecule has 7 nitrogen and oxygen atoms in total. The van der Waals surface area contributed by atoms with Crippen molar-refractivity contribution >= 4 is 5.91 Å². The van der Waals surface area contributed by atoms with Crippen molar-refractivity contribution < 1.29 is 9.53 Å². The van der Waals surface area contributed by atoms with Crippen molar-refractivity contribution in [1.29, 1.82) is 0 Å². The number of carbonyl (C=O) groups is 1. The molecule has 2 aliphatic heterocycles. The Labute approximate surface area is 124 Å².